The lowest BCUT2D eigenvalue weighted by molar-refractivity contribution is -0.143. The van der Waals surface area contributed by atoms with Gasteiger partial charge in [-0.15, -0.1) is 0 Å². The number of aliphatic hydroxyl groups excluding tert-OH is 2. The Morgan fingerprint density at radius 3 is 1.62 bits per heavy atom. The summed E-state index contributed by atoms with van der Waals surface area (Å²) in [7, 11) is 0. The highest BCUT2D eigenvalue weighted by atomic mass is 16.6. The summed E-state index contributed by atoms with van der Waals surface area (Å²) < 4.78 is 4.74. The van der Waals surface area contributed by atoms with Gasteiger partial charge in [0.15, 0.2) is 0 Å². The van der Waals surface area contributed by atoms with Crippen LogP contribution in [0.5, 0.6) is 0 Å². The zero-order valence-electron chi connectivity index (χ0n) is 17.0. The first-order chi connectivity index (χ1) is 12.7. The molecule has 0 unspecified atom stereocenters. The quantitative estimate of drug-likeness (QED) is 0.153. The highest BCUT2D eigenvalue weighted by molar-refractivity contribution is 5.70. The molecule has 0 rings (SSSR count). The van der Waals surface area contributed by atoms with E-state index in [9.17, 15) is 9.90 Å². The van der Waals surface area contributed by atoms with E-state index in [1.165, 1.54) is 83.1 Å². The fraction of sp³-hybridized carbons (Fsp3) is 0.864. The number of carbonyl (C=O) groups excluding carboxylic acids is 1. The number of esters is 1. The van der Waals surface area contributed by atoms with Crippen LogP contribution in [-0.2, 0) is 9.53 Å². The fourth-order valence-corrected chi connectivity index (χ4v) is 3.04. The summed E-state index contributed by atoms with van der Waals surface area (Å²) in [6.45, 7) is 2.19. The van der Waals surface area contributed by atoms with Crippen molar-refractivity contribution in [2.75, 3.05) is 6.61 Å². The third-order valence-electron chi connectivity index (χ3n) is 4.65. The number of hydrogen-bond donors (Lipinski definition) is 2. The van der Waals surface area contributed by atoms with Crippen molar-refractivity contribution < 1.29 is 19.7 Å². The molecule has 0 aromatic heterocycles. The van der Waals surface area contributed by atoms with Crippen molar-refractivity contribution in [1.29, 1.82) is 0 Å². The zero-order valence-corrected chi connectivity index (χ0v) is 17.0. The lowest BCUT2D eigenvalue weighted by Gasteiger charge is -2.04. The second-order valence-corrected chi connectivity index (χ2v) is 7.23. The summed E-state index contributed by atoms with van der Waals surface area (Å²) in [5.41, 5.74) is 0. The van der Waals surface area contributed by atoms with Gasteiger partial charge in [-0.2, -0.15) is 0 Å². The van der Waals surface area contributed by atoms with Crippen LogP contribution in [0, 0.1) is 0 Å². The minimum absolute atomic E-state index is 0.0688. The molecule has 0 aliphatic rings. The Labute approximate surface area is 161 Å². The number of aliphatic hydroxyl groups is 2. The summed E-state index contributed by atoms with van der Waals surface area (Å²) in [4.78, 5) is 11.5. The molecule has 0 saturated heterocycles. The summed E-state index contributed by atoms with van der Waals surface area (Å²) in [5, 5.41) is 17.9. The van der Waals surface area contributed by atoms with Crippen LogP contribution in [0.4, 0.5) is 0 Å². The third-order valence-corrected chi connectivity index (χ3v) is 4.65. The van der Waals surface area contributed by atoms with Crippen LogP contribution in [0.2, 0.25) is 0 Å². The standard InChI is InChI=1S/C22H42O4/c1-2-3-4-5-6-7-8-9-10-11-12-13-14-15-16-18-21(24)26-22(25)19-17-20-23/h19,23,25H,2-18,20H2,1H3/b22-19+. The smallest absolute Gasteiger partial charge is 0.313 e. The van der Waals surface area contributed by atoms with Gasteiger partial charge in [-0.05, 0) is 18.9 Å². The Balaban J connectivity index is 3.23. The molecule has 26 heavy (non-hydrogen) atoms. The van der Waals surface area contributed by atoms with Gasteiger partial charge in [0.1, 0.15) is 0 Å². The summed E-state index contributed by atoms with van der Waals surface area (Å²) in [5.74, 6) is -0.795. The second kappa shape index (κ2) is 20.3. The largest absolute Gasteiger partial charge is 0.481 e. The van der Waals surface area contributed by atoms with Crippen molar-refractivity contribution in [1.82, 2.24) is 0 Å². The van der Waals surface area contributed by atoms with Crippen LogP contribution >= 0.6 is 0 Å². The third kappa shape index (κ3) is 19.3. The lowest BCUT2D eigenvalue weighted by atomic mass is 10.0. The first kappa shape index (κ1) is 25.0. The number of hydrogen-bond acceptors (Lipinski definition) is 4. The van der Waals surface area contributed by atoms with Crippen molar-refractivity contribution in [3.63, 3.8) is 0 Å². The Bertz CT molecular complexity index is 339. The van der Waals surface area contributed by atoms with Crippen LogP contribution in [-0.4, -0.2) is 22.8 Å². The van der Waals surface area contributed by atoms with Gasteiger partial charge in [-0.25, -0.2) is 0 Å². The molecule has 0 fully saturated rings. The molecule has 0 heterocycles. The van der Waals surface area contributed by atoms with Gasteiger partial charge in [0.2, 0.25) is 0 Å². The van der Waals surface area contributed by atoms with E-state index in [4.69, 9.17) is 9.84 Å². The van der Waals surface area contributed by atoms with E-state index in [1.54, 1.807) is 0 Å². The van der Waals surface area contributed by atoms with Crippen molar-refractivity contribution in [2.24, 2.45) is 0 Å². The van der Waals surface area contributed by atoms with Gasteiger partial charge in [0.05, 0.1) is 0 Å². The van der Waals surface area contributed by atoms with Crippen LogP contribution in [0.1, 0.15) is 116 Å². The lowest BCUT2D eigenvalue weighted by Crippen LogP contribution is -2.04. The summed E-state index contributed by atoms with van der Waals surface area (Å²) in [6.07, 6.45) is 21.3. The van der Waals surface area contributed by atoms with E-state index in [1.807, 2.05) is 0 Å². The average molecular weight is 371 g/mol. The maximum absolute atomic E-state index is 11.5. The number of rotatable bonds is 19. The molecule has 0 aromatic carbocycles. The number of carbonyl (C=O) groups is 1. The maximum atomic E-state index is 11.5. The Morgan fingerprint density at radius 2 is 1.19 bits per heavy atom. The Morgan fingerprint density at radius 1 is 0.769 bits per heavy atom. The van der Waals surface area contributed by atoms with E-state index in [2.05, 4.69) is 6.92 Å². The van der Waals surface area contributed by atoms with Crippen LogP contribution < -0.4 is 0 Å². The van der Waals surface area contributed by atoms with E-state index < -0.39 is 11.9 Å². The molecule has 0 aliphatic carbocycles. The normalized spacial score (nSPS) is 11.7. The molecule has 0 bridgehead atoms. The highest BCUT2D eigenvalue weighted by Crippen LogP contribution is 2.14. The Kier molecular flexibility index (Phi) is 19.5. The molecule has 0 amide bonds. The average Bonchev–Trinajstić information content (AvgIpc) is 2.63. The molecule has 0 aromatic rings. The van der Waals surface area contributed by atoms with Crippen LogP contribution in [0.3, 0.4) is 0 Å². The number of ether oxygens (including phenoxy) is 1. The molecule has 154 valence electrons. The number of unbranched alkanes of at least 4 members (excludes halogenated alkanes) is 14. The summed E-state index contributed by atoms with van der Waals surface area (Å²) in [6, 6.07) is 0. The zero-order chi connectivity index (χ0) is 19.3. The van der Waals surface area contributed by atoms with Crippen molar-refractivity contribution in [3.8, 4) is 0 Å². The van der Waals surface area contributed by atoms with Crippen molar-refractivity contribution in [2.45, 2.75) is 116 Å². The van der Waals surface area contributed by atoms with Gasteiger partial charge in [-0.3, -0.25) is 4.79 Å². The summed E-state index contributed by atoms with van der Waals surface area (Å²) >= 11 is 0. The minimum Gasteiger partial charge on any atom is -0.481 e. The van der Waals surface area contributed by atoms with Gasteiger partial charge in [0, 0.05) is 13.0 Å². The predicted molar refractivity (Wildman–Crippen MR) is 108 cm³/mol. The predicted octanol–water partition coefficient (Wildman–Crippen LogP) is 6.57. The van der Waals surface area contributed by atoms with E-state index in [-0.39, 0.29) is 13.0 Å². The van der Waals surface area contributed by atoms with Crippen molar-refractivity contribution in [3.05, 3.63) is 12.0 Å². The maximum Gasteiger partial charge on any atom is 0.313 e. The van der Waals surface area contributed by atoms with Gasteiger partial charge >= 0.3 is 5.97 Å². The molecule has 2 N–H and O–H groups in total. The molecular weight excluding hydrogens is 328 g/mol. The van der Waals surface area contributed by atoms with E-state index in [0.29, 0.717) is 6.42 Å². The van der Waals surface area contributed by atoms with E-state index in [0.717, 1.165) is 19.3 Å². The molecule has 0 spiro atoms. The highest BCUT2D eigenvalue weighted by Gasteiger charge is 2.05. The molecule has 0 atom stereocenters. The van der Waals surface area contributed by atoms with Gasteiger partial charge < -0.3 is 14.9 Å². The molecule has 4 nitrogen and oxygen atoms in total. The van der Waals surface area contributed by atoms with Crippen molar-refractivity contribution >= 4 is 5.97 Å². The fourth-order valence-electron chi connectivity index (χ4n) is 3.04. The molecule has 0 saturated carbocycles. The van der Waals surface area contributed by atoms with Gasteiger partial charge in [-0.1, -0.05) is 96.8 Å². The minimum atomic E-state index is -0.398. The molecular formula is C22H42O4. The second-order valence-electron chi connectivity index (χ2n) is 7.23. The van der Waals surface area contributed by atoms with Gasteiger partial charge in [0.25, 0.3) is 5.95 Å². The first-order valence-corrected chi connectivity index (χ1v) is 10.9. The van der Waals surface area contributed by atoms with Crippen LogP contribution in [0.25, 0.3) is 0 Å². The molecule has 0 radical (unpaired) electrons. The Hall–Kier alpha value is -1.03. The topological polar surface area (TPSA) is 66.8 Å². The first-order valence-electron chi connectivity index (χ1n) is 10.9. The SMILES string of the molecule is CCCCCCCCCCCCCCCCCC(=O)O/C(O)=C/CCO. The molecule has 0 aliphatic heterocycles. The monoisotopic (exact) mass is 370 g/mol. The van der Waals surface area contributed by atoms with E-state index >= 15 is 0 Å². The molecule has 4 heteroatoms. The van der Waals surface area contributed by atoms with Crippen LogP contribution in [0.15, 0.2) is 12.0 Å².